The molecule has 0 saturated carbocycles. The third kappa shape index (κ3) is 9.08. The van der Waals surface area contributed by atoms with Gasteiger partial charge in [-0.25, -0.2) is 19.9 Å². The molecule has 0 amide bonds. The Morgan fingerprint density at radius 2 is 0.526 bits per heavy atom. The summed E-state index contributed by atoms with van der Waals surface area (Å²) in [7, 11) is 0. The third-order valence-corrected chi connectivity index (χ3v) is 14.7. The second kappa shape index (κ2) is 20.3. The van der Waals surface area contributed by atoms with E-state index < -0.39 is 0 Å². The number of hydrogen-bond acceptors (Lipinski definition) is 4. The van der Waals surface area contributed by atoms with Gasteiger partial charge in [0.1, 0.15) is 0 Å². The van der Waals surface area contributed by atoms with E-state index in [2.05, 4.69) is 247 Å². The lowest BCUT2D eigenvalue weighted by Crippen LogP contribution is -1.98. The van der Waals surface area contributed by atoms with E-state index in [0.717, 1.165) is 76.5 Å². The lowest BCUT2D eigenvalue weighted by Gasteiger charge is -2.12. The van der Waals surface area contributed by atoms with Crippen molar-refractivity contribution in [1.82, 2.24) is 29.1 Å². The predicted molar refractivity (Wildman–Crippen MR) is 321 cm³/mol. The maximum Gasteiger partial charge on any atom is 0.160 e. The Kier molecular flexibility index (Phi) is 12.5. The van der Waals surface area contributed by atoms with Crippen LogP contribution in [0, 0.1) is 0 Å². The van der Waals surface area contributed by atoms with E-state index in [-0.39, 0.29) is 0 Å². The van der Waals surface area contributed by atoms with Crippen molar-refractivity contribution in [3.63, 3.8) is 0 Å². The fourth-order valence-corrected chi connectivity index (χ4v) is 11.0. The molecule has 4 heterocycles. The summed E-state index contributed by atoms with van der Waals surface area (Å²) >= 11 is 7.22. The van der Waals surface area contributed by atoms with E-state index in [9.17, 15) is 0 Å². The van der Waals surface area contributed by atoms with Gasteiger partial charge in [0.15, 0.2) is 11.6 Å². The van der Waals surface area contributed by atoms with E-state index in [1.54, 1.807) is 0 Å². The number of hydrogen-bond donors (Lipinski definition) is 0. The smallest absolute Gasteiger partial charge is 0.160 e. The monoisotopic (exact) mass is 1100 g/mol. The van der Waals surface area contributed by atoms with Crippen LogP contribution >= 0.6 is 31.9 Å². The van der Waals surface area contributed by atoms with Gasteiger partial charge in [0.2, 0.25) is 0 Å². The van der Waals surface area contributed by atoms with Gasteiger partial charge in [0, 0.05) is 75.2 Å². The molecule has 0 spiro atoms. The Morgan fingerprint density at radius 3 is 0.882 bits per heavy atom. The van der Waals surface area contributed by atoms with Crippen molar-refractivity contribution >= 4 is 75.5 Å². The molecular weight excluding hydrogens is 1060 g/mol. The summed E-state index contributed by atoms with van der Waals surface area (Å²) in [5, 5.41) is 4.97. The third-order valence-electron chi connectivity index (χ3n) is 13.7. The highest BCUT2D eigenvalue weighted by Crippen LogP contribution is 2.37. The number of nitrogens with zero attached hydrogens (tertiary/aromatic N) is 6. The number of aromatic nitrogens is 6. The zero-order chi connectivity index (χ0) is 51.0. The van der Waals surface area contributed by atoms with Gasteiger partial charge >= 0.3 is 0 Å². The van der Waals surface area contributed by atoms with Gasteiger partial charge in [-0.2, -0.15) is 0 Å². The average molecular weight is 1100 g/mol. The highest BCUT2D eigenvalue weighted by atomic mass is 79.9. The Hall–Kier alpha value is -9.08. The first-order valence-electron chi connectivity index (χ1n) is 25.1. The Bertz CT molecular complexity index is 4060. The van der Waals surface area contributed by atoms with Crippen LogP contribution in [0.2, 0.25) is 0 Å². The second-order valence-electron chi connectivity index (χ2n) is 18.5. The molecule has 0 aliphatic carbocycles. The summed E-state index contributed by atoms with van der Waals surface area (Å²) in [5.74, 6) is 1.40. The molecule has 360 valence electrons. The highest BCUT2D eigenvalue weighted by molar-refractivity contribution is 9.10. The van der Waals surface area contributed by atoms with Crippen molar-refractivity contribution in [2.24, 2.45) is 0 Å². The SMILES string of the molecule is Brc1cccc(-c2cc(-c3ccccc3)nc(-c3cccc(-n4c5ccccc5c5ccccc54)c3)n2)c1.Brc1cccc(-c2cc(-c3ccccc3)nc(-c3cccc(-n4c5ccccc5c5ccccc54)c3)n2)c1. The van der Waals surface area contributed by atoms with Crippen molar-refractivity contribution < 1.29 is 0 Å². The Balaban J connectivity index is 0.000000146. The van der Waals surface area contributed by atoms with Crippen molar-refractivity contribution in [3.8, 4) is 79.2 Å². The normalized spacial score (nSPS) is 11.3. The molecule has 0 bridgehead atoms. The number of rotatable bonds is 8. The van der Waals surface area contributed by atoms with Crippen LogP contribution in [0.3, 0.4) is 0 Å². The molecule has 0 saturated heterocycles. The maximum atomic E-state index is 5.05. The van der Waals surface area contributed by atoms with Gasteiger partial charge < -0.3 is 9.13 Å². The molecule has 0 atom stereocenters. The van der Waals surface area contributed by atoms with Gasteiger partial charge in [-0.05, 0) is 84.9 Å². The minimum Gasteiger partial charge on any atom is -0.309 e. The Labute approximate surface area is 456 Å². The summed E-state index contributed by atoms with van der Waals surface area (Å²) in [6, 6.07) is 92.5. The first-order valence-corrected chi connectivity index (χ1v) is 26.7. The molecule has 8 heteroatoms. The molecule has 6 nitrogen and oxygen atoms in total. The molecular formula is C68H44Br2N6. The van der Waals surface area contributed by atoms with E-state index in [1.807, 2.05) is 60.7 Å². The zero-order valence-electron chi connectivity index (χ0n) is 40.8. The number of fused-ring (bicyclic) bond motifs is 6. The number of para-hydroxylation sites is 4. The molecule has 4 aromatic heterocycles. The molecule has 0 unspecified atom stereocenters. The minimum atomic E-state index is 0.698. The average Bonchev–Trinajstić information content (AvgIpc) is 4.03. The lowest BCUT2D eigenvalue weighted by atomic mass is 10.1. The van der Waals surface area contributed by atoms with Crippen LogP contribution in [0.25, 0.3) is 123 Å². The van der Waals surface area contributed by atoms with Crippen molar-refractivity contribution in [2.75, 3.05) is 0 Å². The molecule has 0 radical (unpaired) electrons. The van der Waals surface area contributed by atoms with Crippen LogP contribution in [0.15, 0.2) is 276 Å². The van der Waals surface area contributed by atoms with Crippen LogP contribution in [-0.2, 0) is 0 Å². The van der Waals surface area contributed by atoms with E-state index >= 15 is 0 Å². The van der Waals surface area contributed by atoms with Gasteiger partial charge in [-0.1, -0.05) is 214 Å². The summed E-state index contributed by atoms with van der Waals surface area (Å²) in [5.41, 5.74) is 16.6. The summed E-state index contributed by atoms with van der Waals surface area (Å²) in [6.07, 6.45) is 0. The fraction of sp³-hybridized carbons (Fsp3) is 0. The molecule has 76 heavy (non-hydrogen) atoms. The first kappa shape index (κ1) is 46.7. The van der Waals surface area contributed by atoms with E-state index in [0.29, 0.717) is 11.6 Å². The predicted octanol–water partition coefficient (Wildman–Crippen LogP) is 18.7. The van der Waals surface area contributed by atoms with Gasteiger partial charge in [0.25, 0.3) is 0 Å². The molecule has 14 rings (SSSR count). The van der Waals surface area contributed by atoms with E-state index in [4.69, 9.17) is 19.9 Å². The standard InChI is InChI=1S/2C34H22BrN3/c2*35-26-14-8-12-24(20-26)31-22-30(23-10-2-1-3-11-23)36-34(37-31)25-13-9-15-27(21-25)38-32-18-6-4-16-28(32)29-17-5-7-19-33(29)38/h2*1-22H. The molecule has 10 aromatic carbocycles. The quantitative estimate of drug-likeness (QED) is 0.152. The van der Waals surface area contributed by atoms with Gasteiger partial charge in [0.05, 0.1) is 44.8 Å². The molecule has 0 fully saturated rings. The summed E-state index contributed by atoms with van der Waals surface area (Å²) < 4.78 is 6.68. The first-order chi connectivity index (χ1) is 37.5. The summed E-state index contributed by atoms with van der Waals surface area (Å²) in [4.78, 5) is 20.2. The van der Waals surface area contributed by atoms with Crippen molar-refractivity contribution in [2.45, 2.75) is 0 Å². The highest BCUT2D eigenvalue weighted by Gasteiger charge is 2.17. The Morgan fingerprint density at radius 1 is 0.237 bits per heavy atom. The summed E-state index contributed by atoms with van der Waals surface area (Å²) in [6.45, 7) is 0. The lowest BCUT2D eigenvalue weighted by molar-refractivity contribution is 1.16. The van der Waals surface area contributed by atoms with Crippen LogP contribution in [0.4, 0.5) is 0 Å². The van der Waals surface area contributed by atoms with Crippen LogP contribution in [0.5, 0.6) is 0 Å². The van der Waals surface area contributed by atoms with E-state index in [1.165, 1.54) is 43.6 Å². The zero-order valence-corrected chi connectivity index (χ0v) is 44.0. The molecule has 0 N–H and O–H groups in total. The molecule has 0 aliphatic heterocycles. The van der Waals surface area contributed by atoms with Crippen molar-refractivity contribution in [3.05, 3.63) is 276 Å². The second-order valence-corrected chi connectivity index (χ2v) is 20.3. The minimum absolute atomic E-state index is 0.698. The molecule has 14 aromatic rings. The number of benzene rings is 10. The van der Waals surface area contributed by atoms with Gasteiger partial charge in [-0.3, -0.25) is 0 Å². The number of halogens is 2. The van der Waals surface area contributed by atoms with Crippen molar-refractivity contribution in [1.29, 1.82) is 0 Å². The maximum absolute atomic E-state index is 5.05. The largest absolute Gasteiger partial charge is 0.309 e. The van der Waals surface area contributed by atoms with Crippen LogP contribution < -0.4 is 0 Å². The fourth-order valence-electron chi connectivity index (χ4n) is 10.2. The molecule has 0 aliphatic rings. The van der Waals surface area contributed by atoms with Crippen LogP contribution in [-0.4, -0.2) is 29.1 Å². The van der Waals surface area contributed by atoms with Gasteiger partial charge in [-0.15, -0.1) is 0 Å². The topological polar surface area (TPSA) is 61.4 Å². The van der Waals surface area contributed by atoms with Crippen LogP contribution in [0.1, 0.15) is 0 Å².